The van der Waals surface area contributed by atoms with Crippen molar-refractivity contribution in [3.05, 3.63) is 29.3 Å². The third-order valence-electron chi connectivity index (χ3n) is 3.57. The summed E-state index contributed by atoms with van der Waals surface area (Å²) in [6.07, 6.45) is 1.15. The number of rotatable bonds is 2. The minimum atomic E-state index is -1.49. The molecule has 1 atom stereocenters. The quantitative estimate of drug-likeness (QED) is 0.707. The number of phenols is 1. The highest BCUT2D eigenvalue weighted by atomic mass is 16.4. The minimum Gasteiger partial charge on any atom is -0.508 e. The zero-order chi connectivity index (χ0) is 15.0. The van der Waals surface area contributed by atoms with Crippen LogP contribution in [0.3, 0.4) is 0 Å². The summed E-state index contributed by atoms with van der Waals surface area (Å²) < 4.78 is 0. The summed E-state index contributed by atoms with van der Waals surface area (Å²) in [4.78, 5) is 11.1. The molecule has 0 spiro atoms. The lowest BCUT2D eigenvalue weighted by molar-refractivity contribution is 0.0677. The summed E-state index contributed by atoms with van der Waals surface area (Å²) in [5.74, 6) is 3.79. The number of hydrogen-bond acceptors (Lipinski definition) is 4. The normalized spacial score (nSPS) is 18.1. The molecule has 1 aliphatic rings. The van der Waals surface area contributed by atoms with Crippen molar-refractivity contribution >= 4 is 5.97 Å². The van der Waals surface area contributed by atoms with Gasteiger partial charge in [-0.25, -0.2) is 4.79 Å². The highest BCUT2D eigenvalue weighted by molar-refractivity contribution is 5.91. The van der Waals surface area contributed by atoms with Crippen LogP contribution in [0.2, 0.25) is 0 Å². The maximum absolute atomic E-state index is 11.1. The largest absolute Gasteiger partial charge is 0.508 e. The van der Waals surface area contributed by atoms with Gasteiger partial charge in [0.2, 0.25) is 0 Å². The molecule has 20 heavy (non-hydrogen) atoms. The molecule has 1 aromatic carbocycles. The van der Waals surface area contributed by atoms with Crippen molar-refractivity contribution in [1.82, 2.24) is 0 Å². The van der Waals surface area contributed by atoms with Crippen LogP contribution in [0.25, 0.3) is 0 Å². The Morgan fingerprint density at radius 2 is 2.10 bits per heavy atom. The number of aliphatic hydroxyl groups is 1. The van der Waals surface area contributed by atoms with Gasteiger partial charge in [-0.15, -0.1) is 0 Å². The predicted molar refractivity (Wildman–Crippen MR) is 69.8 cm³/mol. The van der Waals surface area contributed by atoms with Crippen molar-refractivity contribution in [3.63, 3.8) is 0 Å². The van der Waals surface area contributed by atoms with E-state index in [1.807, 2.05) is 0 Å². The van der Waals surface area contributed by atoms with E-state index in [9.17, 15) is 15.0 Å². The Kier molecular flexibility index (Phi) is 3.17. The van der Waals surface area contributed by atoms with E-state index in [1.165, 1.54) is 19.1 Å². The van der Waals surface area contributed by atoms with Crippen LogP contribution in [0, 0.1) is 28.6 Å². The molecular weight excluding hydrogens is 258 g/mol. The summed E-state index contributed by atoms with van der Waals surface area (Å²) in [7, 11) is 0. The smallest absolute Gasteiger partial charge is 0.337 e. The fourth-order valence-corrected chi connectivity index (χ4v) is 1.96. The summed E-state index contributed by atoms with van der Waals surface area (Å²) in [5.41, 5.74) is -2.31. The number of carboxylic acid groups (broad SMARTS) is 1. The predicted octanol–water partition coefficient (Wildman–Crippen LogP) is 1.50. The molecule has 1 aromatic rings. The third-order valence-corrected chi connectivity index (χ3v) is 3.57. The van der Waals surface area contributed by atoms with Gasteiger partial charge in [0.15, 0.2) is 0 Å². The van der Waals surface area contributed by atoms with Gasteiger partial charge in [-0.3, -0.25) is 0 Å². The van der Waals surface area contributed by atoms with Gasteiger partial charge in [-0.1, -0.05) is 11.8 Å². The molecule has 1 aliphatic carbocycles. The first-order chi connectivity index (χ1) is 9.31. The average Bonchev–Trinajstić information content (AvgIpc) is 3.18. The van der Waals surface area contributed by atoms with Crippen LogP contribution in [0.4, 0.5) is 0 Å². The number of phenolic OH excluding ortho intramolecular Hbond substituents is 1. The van der Waals surface area contributed by atoms with Crippen molar-refractivity contribution < 1.29 is 20.1 Å². The Morgan fingerprint density at radius 3 is 2.60 bits per heavy atom. The molecule has 0 saturated heterocycles. The fraction of sp³-hybridized carbons (Fsp3) is 0.333. The van der Waals surface area contributed by atoms with Crippen molar-refractivity contribution in [2.24, 2.45) is 5.41 Å². The van der Waals surface area contributed by atoms with Crippen LogP contribution in [0.15, 0.2) is 18.2 Å². The number of aromatic hydroxyl groups is 1. The zero-order valence-corrected chi connectivity index (χ0v) is 10.8. The topological polar surface area (TPSA) is 102 Å². The minimum absolute atomic E-state index is 0.143. The second-order valence-corrected chi connectivity index (χ2v) is 5.05. The van der Waals surface area contributed by atoms with Gasteiger partial charge in [-0.2, -0.15) is 5.26 Å². The lowest BCUT2D eigenvalue weighted by Gasteiger charge is -2.21. The second kappa shape index (κ2) is 4.56. The maximum atomic E-state index is 11.1. The molecule has 5 heteroatoms. The number of hydrogen-bond donors (Lipinski definition) is 3. The van der Waals surface area contributed by atoms with Crippen molar-refractivity contribution in [3.8, 4) is 23.7 Å². The Bertz CT molecular complexity index is 669. The summed E-state index contributed by atoms with van der Waals surface area (Å²) >= 11 is 0. The highest BCUT2D eigenvalue weighted by Crippen LogP contribution is 2.53. The maximum Gasteiger partial charge on any atom is 0.337 e. The third kappa shape index (κ3) is 2.32. The first kappa shape index (κ1) is 13.9. The number of aromatic carboxylic acids is 1. The second-order valence-electron chi connectivity index (χ2n) is 5.05. The SMILES string of the molecule is C[C@](O)(C#Cc1ccc(O)cc1C(=O)O)C1(C#N)CC1. The van der Waals surface area contributed by atoms with E-state index in [4.69, 9.17) is 10.4 Å². The molecule has 0 amide bonds. The summed E-state index contributed by atoms with van der Waals surface area (Å²) in [6, 6.07) is 5.85. The Morgan fingerprint density at radius 1 is 1.45 bits per heavy atom. The van der Waals surface area contributed by atoms with Crippen molar-refractivity contribution in [2.45, 2.75) is 25.4 Å². The first-order valence-corrected chi connectivity index (χ1v) is 6.04. The number of carbonyl (C=O) groups is 1. The van der Waals surface area contributed by atoms with E-state index in [-0.39, 0.29) is 16.9 Å². The van der Waals surface area contributed by atoms with Crippen LogP contribution in [0.5, 0.6) is 5.75 Å². The Hall–Kier alpha value is -2.50. The van der Waals surface area contributed by atoms with Gasteiger partial charge >= 0.3 is 5.97 Å². The number of nitrogens with zero attached hydrogens (tertiary/aromatic N) is 1. The molecule has 1 saturated carbocycles. The standard InChI is InChI=1S/C15H13NO4/c1-14(20,15(9-16)6-7-15)5-4-10-2-3-11(17)8-12(10)13(18)19/h2-3,8,17,20H,6-7H2,1H3,(H,18,19)/t14-/m0/s1. The van der Waals surface area contributed by atoms with E-state index in [1.54, 1.807) is 0 Å². The van der Waals surface area contributed by atoms with Gasteiger partial charge in [0.1, 0.15) is 11.4 Å². The molecule has 2 rings (SSSR count). The molecule has 0 radical (unpaired) electrons. The Labute approximate surface area is 116 Å². The van der Waals surface area contributed by atoms with E-state index in [0.29, 0.717) is 12.8 Å². The van der Waals surface area contributed by atoms with Gasteiger partial charge in [0, 0.05) is 5.56 Å². The lowest BCUT2D eigenvalue weighted by atomic mass is 9.87. The molecule has 0 aromatic heterocycles. The molecule has 5 nitrogen and oxygen atoms in total. The van der Waals surface area contributed by atoms with Crippen molar-refractivity contribution in [2.75, 3.05) is 0 Å². The number of benzene rings is 1. The summed E-state index contributed by atoms with van der Waals surface area (Å²) in [5, 5.41) is 37.7. The van der Waals surface area contributed by atoms with Crippen LogP contribution in [-0.4, -0.2) is 26.9 Å². The summed E-state index contributed by atoms with van der Waals surface area (Å²) in [6.45, 7) is 1.46. The molecule has 0 heterocycles. The van der Waals surface area contributed by atoms with E-state index < -0.39 is 17.0 Å². The van der Waals surface area contributed by atoms with Crippen molar-refractivity contribution in [1.29, 1.82) is 5.26 Å². The molecule has 0 aliphatic heterocycles. The van der Waals surface area contributed by atoms with Crippen LogP contribution >= 0.6 is 0 Å². The highest BCUT2D eigenvalue weighted by Gasteiger charge is 2.56. The molecule has 3 N–H and O–H groups in total. The van der Waals surface area contributed by atoms with Crippen LogP contribution in [0.1, 0.15) is 35.7 Å². The molecule has 1 fully saturated rings. The van der Waals surface area contributed by atoms with Gasteiger partial charge in [0.05, 0.1) is 17.0 Å². The van der Waals surface area contributed by atoms with Crippen LogP contribution < -0.4 is 0 Å². The lowest BCUT2D eigenvalue weighted by Crippen LogP contribution is -2.33. The van der Waals surface area contributed by atoms with Crippen LogP contribution in [-0.2, 0) is 0 Å². The first-order valence-electron chi connectivity index (χ1n) is 6.04. The fourth-order valence-electron chi connectivity index (χ4n) is 1.96. The Balaban J connectivity index is 2.40. The molecule has 0 unspecified atom stereocenters. The van der Waals surface area contributed by atoms with E-state index in [0.717, 1.165) is 6.07 Å². The number of nitriles is 1. The van der Waals surface area contributed by atoms with E-state index >= 15 is 0 Å². The average molecular weight is 271 g/mol. The monoisotopic (exact) mass is 271 g/mol. The van der Waals surface area contributed by atoms with Gasteiger partial charge in [-0.05, 0) is 38.0 Å². The molecule has 0 bridgehead atoms. The molecule has 102 valence electrons. The number of carboxylic acids is 1. The zero-order valence-electron chi connectivity index (χ0n) is 10.8. The van der Waals surface area contributed by atoms with Gasteiger partial charge in [0.25, 0.3) is 0 Å². The van der Waals surface area contributed by atoms with E-state index in [2.05, 4.69) is 17.9 Å². The van der Waals surface area contributed by atoms with Gasteiger partial charge < -0.3 is 15.3 Å². The molecular formula is C15H13NO4.